The highest BCUT2D eigenvalue weighted by Crippen LogP contribution is 2.19. The quantitative estimate of drug-likeness (QED) is 0.801. The van der Waals surface area contributed by atoms with Crippen molar-refractivity contribution < 1.29 is 14.7 Å². The van der Waals surface area contributed by atoms with Gasteiger partial charge >= 0.3 is 12.0 Å². The summed E-state index contributed by atoms with van der Waals surface area (Å²) < 4.78 is 0. The number of anilines is 1. The van der Waals surface area contributed by atoms with Crippen molar-refractivity contribution >= 4 is 17.7 Å². The molecule has 0 atom stereocenters. The normalized spacial score (nSPS) is 9.79. The highest BCUT2D eigenvalue weighted by molar-refractivity contribution is 6.01. The Morgan fingerprint density at radius 1 is 1.47 bits per heavy atom. The number of aryl methyl sites for hydroxylation is 1. The van der Waals surface area contributed by atoms with Crippen LogP contribution in [0.15, 0.2) is 30.9 Å². The third kappa shape index (κ3) is 3.58. The number of carboxylic acid groups (broad SMARTS) is 1. The van der Waals surface area contributed by atoms with Crippen molar-refractivity contribution in [3.63, 3.8) is 0 Å². The molecule has 102 valence electrons. The number of nitrogens with zero attached hydrogens (tertiary/aromatic N) is 1. The minimum Gasteiger partial charge on any atom is -0.478 e. The maximum atomic E-state index is 12.0. The molecule has 5 nitrogen and oxygen atoms in total. The average Bonchev–Trinajstić information content (AvgIpc) is 2.35. The lowest BCUT2D eigenvalue weighted by molar-refractivity contribution is 0.0697. The molecule has 0 aromatic heterocycles. The number of hydrogen-bond donors (Lipinski definition) is 2. The Kier molecular flexibility index (Phi) is 5.11. The number of amides is 2. The molecule has 1 aromatic carbocycles. The van der Waals surface area contributed by atoms with Gasteiger partial charge in [-0.05, 0) is 25.5 Å². The van der Waals surface area contributed by atoms with Crippen LogP contribution in [-0.2, 0) is 0 Å². The Bertz CT molecular complexity index is 497. The van der Waals surface area contributed by atoms with Crippen LogP contribution in [0, 0.1) is 6.92 Å². The highest BCUT2D eigenvalue weighted by atomic mass is 16.4. The largest absolute Gasteiger partial charge is 0.478 e. The maximum Gasteiger partial charge on any atom is 0.338 e. The molecule has 0 fully saturated rings. The third-order valence-corrected chi connectivity index (χ3v) is 2.75. The van der Waals surface area contributed by atoms with Crippen molar-refractivity contribution in [2.24, 2.45) is 0 Å². The molecule has 2 amide bonds. The van der Waals surface area contributed by atoms with Crippen LogP contribution in [0.5, 0.6) is 0 Å². The molecular weight excluding hydrogens is 244 g/mol. The predicted molar refractivity (Wildman–Crippen MR) is 74.6 cm³/mol. The summed E-state index contributed by atoms with van der Waals surface area (Å²) in [6.07, 6.45) is 1.62. The van der Waals surface area contributed by atoms with Gasteiger partial charge in [-0.25, -0.2) is 9.59 Å². The smallest absolute Gasteiger partial charge is 0.338 e. The van der Waals surface area contributed by atoms with E-state index in [2.05, 4.69) is 11.9 Å². The number of nitrogens with one attached hydrogen (secondary N) is 1. The summed E-state index contributed by atoms with van der Waals surface area (Å²) in [6, 6.07) is 4.65. The summed E-state index contributed by atoms with van der Waals surface area (Å²) in [5, 5.41) is 11.8. The van der Waals surface area contributed by atoms with E-state index in [1.807, 2.05) is 6.92 Å². The van der Waals surface area contributed by atoms with Gasteiger partial charge in [0.15, 0.2) is 0 Å². The van der Waals surface area contributed by atoms with E-state index in [-0.39, 0.29) is 11.6 Å². The molecule has 0 unspecified atom stereocenters. The van der Waals surface area contributed by atoms with Gasteiger partial charge in [0.25, 0.3) is 0 Å². The zero-order chi connectivity index (χ0) is 14.4. The summed E-state index contributed by atoms with van der Waals surface area (Å²) in [5.74, 6) is -1.06. The molecule has 5 heteroatoms. The number of likely N-dealkylation sites (N-methyl/N-ethyl adjacent to an activating group) is 1. The van der Waals surface area contributed by atoms with Crippen molar-refractivity contribution in [2.75, 3.05) is 18.4 Å². The SMILES string of the molecule is C=CCN(CC)C(=O)Nc1cccc(C)c1C(=O)O. The lowest BCUT2D eigenvalue weighted by Gasteiger charge is -2.20. The van der Waals surface area contributed by atoms with Crippen LogP contribution in [0.3, 0.4) is 0 Å². The van der Waals surface area contributed by atoms with Crippen molar-refractivity contribution in [2.45, 2.75) is 13.8 Å². The van der Waals surface area contributed by atoms with E-state index in [1.165, 1.54) is 4.90 Å². The fourth-order valence-electron chi connectivity index (χ4n) is 1.76. The van der Waals surface area contributed by atoms with Crippen LogP contribution in [0.25, 0.3) is 0 Å². The van der Waals surface area contributed by atoms with Gasteiger partial charge in [0.1, 0.15) is 0 Å². The number of rotatable bonds is 5. The van der Waals surface area contributed by atoms with Gasteiger partial charge in [0.2, 0.25) is 0 Å². The molecular formula is C14H18N2O3. The van der Waals surface area contributed by atoms with E-state index >= 15 is 0 Å². The Hall–Kier alpha value is -2.30. The average molecular weight is 262 g/mol. The van der Waals surface area contributed by atoms with E-state index in [4.69, 9.17) is 0 Å². The van der Waals surface area contributed by atoms with E-state index in [1.54, 1.807) is 31.2 Å². The molecule has 0 aliphatic carbocycles. The number of carboxylic acids is 1. The summed E-state index contributed by atoms with van der Waals surface area (Å²) in [4.78, 5) is 24.7. The standard InChI is InChI=1S/C14H18N2O3/c1-4-9-16(5-2)14(19)15-11-8-6-7-10(3)12(11)13(17)18/h4,6-8H,1,5,9H2,2-3H3,(H,15,19)(H,17,18). The zero-order valence-corrected chi connectivity index (χ0v) is 11.1. The Morgan fingerprint density at radius 2 is 2.16 bits per heavy atom. The van der Waals surface area contributed by atoms with Gasteiger partial charge in [-0.2, -0.15) is 0 Å². The van der Waals surface area contributed by atoms with Crippen LogP contribution in [-0.4, -0.2) is 35.1 Å². The summed E-state index contributed by atoms with van der Waals surface area (Å²) in [7, 11) is 0. The third-order valence-electron chi connectivity index (χ3n) is 2.75. The van der Waals surface area contributed by atoms with E-state index in [9.17, 15) is 14.7 Å². The first-order chi connectivity index (χ1) is 9.01. The molecule has 0 saturated carbocycles. The monoisotopic (exact) mass is 262 g/mol. The Balaban J connectivity index is 2.99. The van der Waals surface area contributed by atoms with Gasteiger partial charge in [-0.3, -0.25) is 0 Å². The van der Waals surface area contributed by atoms with Gasteiger partial charge in [0, 0.05) is 13.1 Å². The summed E-state index contributed by atoms with van der Waals surface area (Å²) in [6.45, 7) is 8.05. The fraction of sp³-hybridized carbons (Fsp3) is 0.286. The lowest BCUT2D eigenvalue weighted by Crippen LogP contribution is -2.35. The van der Waals surface area contributed by atoms with Crippen LogP contribution < -0.4 is 5.32 Å². The van der Waals surface area contributed by atoms with Crippen LogP contribution in [0.2, 0.25) is 0 Å². The van der Waals surface area contributed by atoms with Gasteiger partial charge in [-0.1, -0.05) is 18.2 Å². The molecule has 0 heterocycles. The number of carbonyl (C=O) groups is 2. The zero-order valence-electron chi connectivity index (χ0n) is 11.1. The van der Waals surface area contributed by atoms with Gasteiger partial charge in [-0.15, -0.1) is 6.58 Å². The number of benzene rings is 1. The number of hydrogen-bond acceptors (Lipinski definition) is 2. The summed E-state index contributed by atoms with van der Waals surface area (Å²) in [5.41, 5.74) is 1.03. The van der Waals surface area contributed by atoms with Crippen molar-refractivity contribution in [3.8, 4) is 0 Å². The lowest BCUT2D eigenvalue weighted by atomic mass is 10.1. The predicted octanol–water partition coefficient (Wildman–Crippen LogP) is 2.73. The molecule has 0 radical (unpaired) electrons. The fourth-order valence-corrected chi connectivity index (χ4v) is 1.76. The van der Waals surface area contributed by atoms with E-state index in [0.717, 1.165) is 0 Å². The van der Waals surface area contributed by atoms with Crippen molar-refractivity contribution in [1.29, 1.82) is 0 Å². The molecule has 0 bridgehead atoms. The van der Waals surface area contributed by atoms with Crippen molar-refractivity contribution in [3.05, 3.63) is 42.0 Å². The van der Waals surface area contributed by atoms with E-state index < -0.39 is 5.97 Å². The first kappa shape index (κ1) is 14.8. The summed E-state index contributed by atoms with van der Waals surface area (Å²) >= 11 is 0. The minimum absolute atomic E-state index is 0.116. The first-order valence-corrected chi connectivity index (χ1v) is 6.01. The molecule has 0 aliphatic rings. The van der Waals surface area contributed by atoms with Crippen molar-refractivity contribution in [1.82, 2.24) is 4.90 Å². The molecule has 0 aliphatic heterocycles. The number of aromatic carboxylic acids is 1. The van der Waals surface area contributed by atoms with Crippen LogP contribution in [0.4, 0.5) is 10.5 Å². The van der Waals surface area contributed by atoms with Crippen LogP contribution >= 0.6 is 0 Å². The number of carbonyl (C=O) groups excluding carboxylic acids is 1. The highest BCUT2D eigenvalue weighted by Gasteiger charge is 2.17. The Morgan fingerprint density at radius 3 is 2.68 bits per heavy atom. The van der Waals surface area contributed by atoms with Gasteiger partial charge < -0.3 is 15.3 Å². The second-order valence-corrected chi connectivity index (χ2v) is 4.06. The second-order valence-electron chi connectivity index (χ2n) is 4.06. The topological polar surface area (TPSA) is 69.6 Å². The molecule has 1 rings (SSSR count). The van der Waals surface area contributed by atoms with Gasteiger partial charge in [0.05, 0.1) is 11.3 Å². The number of urea groups is 1. The van der Waals surface area contributed by atoms with Crippen LogP contribution in [0.1, 0.15) is 22.8 Å². The maximum absolute atomic E-state index is 12.0. The second kappa shape index (κ2) is 6.58. The Labute approximate surface area is 112 Å². The molecule has 0 saturated heterocycles. The van der Waals surface area contributed by atoms with E-state index in [0.29, 0.717) is 24.3 Å². The molecule has 1 aromatic rings. The molecule has 0 spiro atoms. The first-order valence-electron chi connectivity index (χ1n) is 6.01. The minimum atomic E-state index is -1.06. The molecule has 2 N–H and O–H groups in total. The molecule has 19 heavy (non-hydrogen) atoms.